The second kappa shape index (κ2) is 5.66. The first-order chi connectivity index (χ1) is 6.77. The fourth-order valence-electron chi connectivity index (χ4n) is 1.44. The van der Waals surface area contributed by atoms with E-state index in [1.165, 1.54) is 5.56 Å². The highest BCUT2D eigenvalue weighted by molar-refractivity contribution is 5.28. The van der Waals surface area contributed by atoms with E-state index in [-0.39, 0.29) is 0 Å². The van der Waals surface area contributed by atoms with E-state index in [0.717, 1.165) is 18.9 Å². The summed E-state index contributed by atoms with van der Waals surface area (Å²) in [6.45, 7) is 8.00. The maximum atomic E-state index is 5.38. The molecule has 0 spiro atoms. The molecule has 14 heavy (non-hydrogen) atoms. The largest absolute Gasteiger partial charge is 0.494 e. The molecule has 2 heteroatoms. The van der Waals surface area contributed by atoms with E-state index in [2.05, 4.69) is 31.3 Å². The lowest BCUT2D eigenvalue weighted by atomic mass is 10.1. The van der Waals surface area contributed by atoms with Crippen LogP contribution in [-0.2, 0) is 0 Å². The highest BCUT2D eigenvalue weighted by Gasteiger charge is 2.02. The predicted octanol–water partition coefficient (Wildman–Crippen LogP) is 2.76. The molecule has 0 heterocycles. The molecule has 0 bridgehead atoms. The minimum Gasteiger partial charge on any atom is -0.494 e. The molecular weight excluding hydrogens is 174 g/mol. The Hall–Kier alpha value is -1.02. The molecular formula is C12H19NO. The van der Waals surface area contributed by atoms with Gasteiger partial charge < -0.3 is 10.1 Å². The summed E-state index contributed by atoms with van der Waals surface area (Å²) in [6.07, 6.45) is 0. The molecule has 0 unspecified atom stereocenters. The minimum absolute atomic E-state index is 0.413. The van der Waals surface area contributed by atoms with Crippen LogP contribution in [0.1, 0.15) is 32.4 Å². The van der Waals surface area contributed by atoms with Crippen molar-refractivity contribution in [2.24, 2.45) is 0 Å². The Balaban J connectivity index is 2.62. The quantitative estimate of drug-likeness (QED) is 0.776. The van der Waals surface area contributed by atoms with E-state index in [9.17, 15) is 0 Å². The maximum Gasteiger partial charge on any atom is 0.119 e. The molecule has 2 nitrogen and oxygen atoms in total. The van der Waals surface area contributed by atoms with Crippen LogP contribution in [-0.4, -0.2) is 13.2 Å². The van der Waals surface area contributed by atoms with Crippen LogP contribution in [0, 0.1) is 0 Å². The van der Waals surface area contributed by atoms with Gasteiger partial charge in [0.2, 0.25) is 0 Å². The number of nitrogens with one attached hydrogen (secondary N) is 1. The lowest BCUT2D eigenvalue weighted by Gasteiger charge is -2.13. The first-order valence-corrected chi connectivity index (χ1v) is 5.24. The molecule has 1 N–H and O–H groups in total. The molecule has 0 saturated heterocycles. The molecule has 0 amide bonds. The number of hydrogen-bond acceptors (Lipinski definition) is 2. The van der Waals surface area contributed by atoms with Crippen LogP contribution >= 0.6 is 0 Å². The van der Waals surface area contributed by atoms with Crippen LogP contribution in [0.25, 0.3) is 0 Å². The van der Waals surface area contributed by atoms with Crippen molar-refractivity contribution in [3.63, 3.8) is 0 Å². The van der Waals surface area contributed by atoms with Crippen molar-refractivity contribution in [3.05, 3.63) is 29.8 Å². The van der Waals surface area contributed by atoms with E-state index in [1.54, 1.807) is 0 Å². The van der Waals surface area contributed by atoms with Crippen molar-refractivity contribution in [2.45, 2.75) is 26.8 Å². The van der Waals surface area contributed by atoms with Crippen LogP contribution in [0.2, 0.25) is 0 Å². The number of hydrogen-bond donors (Lipinski definition) is 1. The second-order valence-corrected chi connectivity index (χ2v) is 3.28. The third-order valence-corrected chi connectivity index (χ3v) is 2.20. The molecule has 1 atom stereocenters. The van der Waals surface area contributed by atoms with Gasteiger partial charge in [0.15, 0.2) is 0 Å². The number of benzene rings is 1. The highest BCUT2D eigenvalue weighted by Crippen LogP contribution is 2.17. The smallest absolute Gasteiger partial charge is 0.119 e. The summed E-state index contributed by atoms with van der Waals surface area (Å²) < 4.78 is 5.38. The van der Waals surface area contributed by atoms with Crippen molar-refractivity contribution < 1.29 is 4.74 Å². The van der Waals surface area contributed by atoms with Crippen LogP contribution in [0.5, 0.6) is 5.75 Å². The van der Waals surface area contributed by atoms with Gasteiger partial charge in [0.1, 0.15) is 5.75 Å². The molecule has 0 saturated carbocycles. The number of ether oxygens (including phenoxy) is 1. The fourth-order valence-corrected chi connectivity index (χ4v) is 1.44. The standard InChI is InChI=1S/C12H19NO/c1-4-13-10(3)11-6-8-12(9-7-11)14-5-2/h6-10,13H,4-5H2,1-3H3/t10-/m1/s1. The molecule has 0 aliphatic heterocycles. The van der Waals surface area contributed by atoms with Gasteiger partial charge in [-0.3, -0.25) is 0 Å². The van der Waals surface area contributed by atoms with Crippen molar-refractivity contribution in [3.8, 4) is 5.75 Å². The molecule has 1 aromatic rings. The summed E-state index contributed by atoms with van der Waals surface area (Å²) in [7, 11) is 0. The normalized spacial score (nSPS) is 12.5. The van der Waals surface area contributed by atoms with Crippen LogP contribution in [0.4, 0.5) is 0 Å². The molecule has 0 radical (unpaired) electrons. The van der Waals surface area contributed by atoms with E-state index in [4.69, 9.17) is 4.74 Å². The Morgan fingerprint density at radius 3 is 2.36 bits per heavy atom. The summed E-state index contributed by atoms with van der Waals surface area (Å²) in [5.74, 6) is 0.944. The van der Waals surface area contributed by atoms with Gasteiger partial charge >= 0.3 is 0 Å². The predicted molar refractivity (Wildman–Crippen MR) is 59.7 cm³/mol. The first kappa shape index (κ1) is 11.1. The zero-order valence-electron chi connectivity index (χ0n) is 9.21. The Morgan fingerprint density at radius 1 is 1.21 bits per heavy atom. The lowest BCUT2D eigenvalue weighted by molar-refractivity contribution is 0.340. The molecule has 0 aliphatic rings. The van der Waals surface area contributed by atoms with Crippen molar-refractivity contribution in [1.29, 1.82) is 0 Å². The van der Waals surface area contributed by atoms with Gasteiger partial charge in [-0.15, -0.1) is 0 Å². The van der Waals surface area contributed by atoms with Gasteiger partial charge in [0, 0.05) is 6.04 Å². The third-order valence-electron chi connectivity index (χ3n) is 2.20. The van der Waals surface area contributed by atoms with Gasteiger partial charge in [0.05, 0.1) is 6.61 Å². The van der Waals surface area contributed by atoms with Gasteiger partial charge in [-0.25, -0.2) is 0 Å². The fraction of sp³-hybridized carbons (Fsp3) is 0.500. The SMILES string of the molecule is CCN[C@H](C)c1ccc(OCC)cc1. The molecule has 1 rings (SSSR count). The van der Waals surface area contributed by atoms with E-state index in [0.29, 0.717) is 6.04 Å². The zero-order chi connectivity index (χ0) is 10.4. The molecule has 0 aromatic heterocycles. The van der Waals surface area contributed by atoms with Crippen molar-refractivity contribution in [1.82, 2.24) is 5.32 Å². The van der Waals surface area contributed by atoms with E-state index < -0.39 is 0 Å². The average Bonchev–Trinajstić information content (AvgIpc) is 2.20. The minimum atomic E-state index is 0.413. The van der Waals surface area contributed by atoms with E-state index >= 15 is 0 Å². The summed E-state index contributed by atoms with van der Waals surface area (Å²) in [5, 5.41) is 3.37. The van der Waals surface area contributed by atoms with Crippen LogP contribution in [0.15, 0.2) is 24.3 Å². The monoisotopic (exact) mass is 193 g/mol. The van der Waals surface area contributed by atoms with Crippen LogP contribution in [0.3, 0.4) is 0 Å². The second-order valence-electron chi connectivity index (χ2n) is 3.28. The summed E-state index contributed by atoms with van der Waals surface area (Å²) >= 11 is 0. The Labute approximate surface area is 86.3 Å². The molecule has 1 aromatic carbocycles. The molecule has 0 aliphatic carbocycles. The van der Waals surface area contributed by atoms with E-state index in [1.807, 2.05) is 19.1 Å². The topological polar surface area (TPSA) is 21.3 Å². The Bertz CT molecular complexity index is 256. The lowest BCUT2D eigenvalue weighted by Crippen LogP contribution is -2.17. The van der Waals surface area contributed by atoms with Gasteiger partial charge in [-0.2, -0.15) is 0 Å². The zero-order valence-corrected chi connectivity index (χ0v) is 9.21. The average molecular weight is 193 g/mol. The Morgan fingerprint density at radius 2 is 1.86 bits per heavy atom. The third kappa shape index (κ3) is 3.04. The molecule has 78 valence electrons. The molecule has 0 fully saturated rings. The summed E-state index contributed by atoms with van der Waals surface area (Å²) in [6, 6.07) is 8.67. The first-order valence-electron chi connectivity index (χ1n) is 5.24. The maximum absolute atomic E-state index is 5.38. The van der Waals surface area contributed by atoms with Crippen molar-refractivity contribution in [2.75, 3.05) is 13.2 Å². The van der Waals surface area contributed by atoms with Gasteiger partial charge in [-0.1, -0.05) is 19.1 Å². The van der Waals surface area contributed by atoms with Crippen LogP contribution < -0.4 is 10.1 Å². The van der Waals surface area contributed by atoms with Gasteiger partial charge in [-0.05, 0) is 38.1 Å². The van der Waals surface area contributed by atoms with Gasteiger partial charge in [0.25, 0.3) is 0 Å². The van der Waals surface area contributed by atoms with Crippen molar-refractivity contribution >= 4 is 0 Å². The highest BCUT2D eigenvalue weighted by atomic mass is 16.5. The summed E-state index contributed by atoms with van der Waals surface area (Å²) in [4.78, 5) is 0. The number of rotatable bonds is 5. The summed E-state index contributed by atoms with van der Waals surface area (Å²) in [5.41, 5.74) is 1.30. The Kier molecular flexibility index (Phi) is 4.47.